The predicted molar refractivity (Wildman–Crippen MR) is 85.4 cm³/mol. The molecule has 2 aromatic heterocycles. The lowest BCUT2D eigenvalue weighted by atomic mass is 10.3. The Hall–Kier alpha value is -2.00. The summed E-state index contributed by atoms with van der Waals surface area (Å²) in [4.78, 5) is 15.6. The second-order valence-corrected chi connectivity index (χ2v) is 6.12. The van der Waals surface area contributed by atoms with Gasteiger partial charge in [-0.25, -0.2) is 9.78 Å². The molecule has 1 amide bonds. The van der Waals surface area contributed by atoms with Crippen LogP contribution in [0.3, 0.4) is 0 Å². The molecule has 2 rings (SSSR count). The highest BCUT2D eigenvalue weighted by Crippen LogP contribution is 2.36. The van der Waals surface area contributed by atoms with E-state index in [1.54, 1.807) is 13.8 Å². The average Bonchev–Trinajstić information content (AvgIpc) is 2.76. The van der Waals surface area contributed by atoms with Gasteiger partial charge in [0.05, 0.1) is 11.3 Å². The average molecular weight is 397 g/mol. The lowest BCUT2D eigenvalue weighted by molar-refractivity contribution is -0.137. The third-order valence-electron chi connectivity index (χ3n) is 2.95. The Labute approximate surface area is 150 Å². The van der Waals surface area contributed by atoms with Crippen LogP contribution in [0.1, 0.15) is 25.1 Å². The number of nitrogens with one attached hydrogen (secondary N) is 1. The number of alkyl halides is 3. The monoisotopic (exact) mass is 396 g/mol. The SMILES string of the molecule is Cc1c(Cl)c(Oc2ncc(C(F)(F)F)cc2Cl)nn1C(=O)NC(C)C. The molecule has 0 aliphatic heterocycles. The third kappa shape index (κ3) is 4.35. The molecule has 0 spiro atoms. The van der Waals surface area contributed by atoms with Crippen molar-refractivity contribution in [1.29, 1.82) is 0 Å². The fraction of sp³-hybridized carbons (Fsp3) is 0.357. The highest BCUT2D eigenvalue weighted by molar-refractivity contribution is 6.33. The smallest absolute Gasteiger partial charge is 0.416 e. The molecular formula is C14H13Cl2F3N4O2. The van der Waals surface area contributed by atoms with Gasteiger partial charge in [0.1, 0.15) is 10.0 Å². The van der Waals surface area contributed by atoms with E-state index in [4.69, 9.17) is 27.9 Å². The fourth-order valence-electron chi connectivity index (χ4n) is 1.78. The number of aromatic nitrogens is 3. The highest BCUT2D eigenvalue weighted by atomic mass is 35.5. The van der Waals surface area contributed by atoms with Gasteiger partial charge < -0.3 is 10.1 Å². The number of carbonyl (C=O) groups excluding carboxylic acids is 1. The molecule has 0 saturated carbocycles. The zero-order valence-electron chi connectivity index (χ0n) is 13.3. The summed E-state index contributed by atoms with van der Waals surface area (Å²) in [5, 5.41) is 6.16. The van der Waals surface area contributed by atoms with E-state index in [-0.39, 0.29) is 33.5 Å². The Kier molecular flexibility index (Phi) is 5.48. The number of rotatable bonds is 3. The number of hydrogen-bond acceptors (Lipinski definition) is 4. The van der Waals surface area contributed by atoms with E-state index in [2.05, 4.69) is 15.4 Å². The van der Waals surface area contributed by atoms with Crippen LogP contribution in [-0.4, -0.2) is 26.8 Å². The van der Waals surface area contributed by atoms with Crippen molar-refractivity contribution in [2.75, 3.05) is 0 Å². The summed E-state index contributed by atoms with van der Waals surface area (Å²) < 4.78 is 44.1. The van der Waals surface area contributed by atoms with Crippen LogP contribution in [0.5, 0.6) is 11.8 Å². The number of carbonyl (C=O) groups is 1. The Bertz CT molecular complexity index is 806. The van der Waals surface area contributed by atoms with Crippen LogP contribution in [0.2, 0.25) is 10.0 Å². The molecule has 136 valence electrons. The van der Waals surface area contributed by atoms with Crippen molar-refractivity contribution in [3.8, 4) is 11.8 Å². The van der Waals surface area contributed by atoms with Crippen molar-refractivity contribution in [3.05, 3.63) is 33.6 Å². The molecule has 0 fully saturated rings. The molecule has 0 atom stereocenters. The predicted octanol–water partition coefficient (Wildman–Crippen LogP) is 4.67. The summed E-state index contributed by atoms with van der Waals surface area (Å²) in [6, 6.07) is 0.00798. The molecule has 11 heteroatoms. The van der Waals surface area contributed by atoms with Gasteiger partial charge in [0, 0.05) is 12.2 Å². The number of amides is 1. The van der Waals surface area contributed by atoms with Gasteiger partial charge in [-0.15, -0.1) is 5.10 Å². The zero-order chi connectivity index (χ0) is 18.9. The van der Waals surface area contributed by atoms with E-state index < -0.39 is 17.8 Å². The first-order chi connectivity index (χ1) is 11.5. The molecule has 2 aromatic rings. The molecule has 0 saturated heterocycles. The molecule has 2 heterocycles. The summed E-state index contributed by atoms with van der Waals surface area (Å²) in [5.74, 6) is -0.516. The molecule has 25 heavy (non-hydrogen) atoms. The van der Waals surface area contributed by atoms with Crippen LogP contribution in [-0.2, 0) is 6.18 Å². The maximum absolute atomic E-state index is 12.6. The Morgan fingerprint density at radius 3 is 2.48 bits per heavy atom. The molecule has 0 aromatic carbocycles. The van der Waals surface area contributed by atoms with Crippen molar-refractivity contribution < 1.29 is 22.7 Å². The van der Waals surface area contributed by atoms with Gasteiger partial charge in [0.15, 0.2) is 0 Å². The van der Waals surface area contributed by atoms with E-state index in [0.29, 0.717) is 12.3 Å². The lowest BCUT2D eigenvalue weighted by Gasteiger charge is -2.09. The second-order valence-electron chi connectivity index (χ2n) is 5.33. The van der Waals surface area contributed by atoms with Gasteiger partial charge in [-0.05, 0) is 26.8 Å². The molecule has 6 nitrogen and oxygen atoms in total. The van der Waals surface area contributed by atoms with Crippen molar-refractivity contribution in [2.24, 2.45) is 0 Å². The van der Waals surface area contributed by atoms with Crippen LogP contribution in [0, 0.1) is 6.92 Å². The molecule has 1 N–H and O–H groups in total. The van der Waals surface area contributed by atoms with Gasteiger partial charge in [-0.1, -0.05) is 23.2 Å². The van der Waals surface area contributed by atoms with Gasteiger partial charge in [-0.2, -0.15) is 17.9 Å². The summed E-state index contributed by atoms with van der Waals surface area (Å²) in [6.07, 6.45) is -4.01. The van der Waals surface area contributed by atoms with E-state index in [1.165, 1.54) is 6.92 Å². The van der Waals surface area contributed by atoms with E-state index >= 15 is 0 Å². The number of ether oxygens (including phenoxy) is 1. The highest BCUT2D eigenvalue weighted by Gasteiger charge is 2.32. The minimum absolute atomic E-state index is 0.0108. The first-order valence-corrected chi connectivity index (χ1v) is 7.73. The first kappa shape index (κ1) is 19.3. The second kappa shape index (κ2) is 7.09. The first-order valence-electron chi connectivity index (χ1n) is 6.97. The van der Waals surface area contributed by atoms with E-state index in [0.717, 1.165) is 4.68 Å². The Morgan fingerprint density at radius 2 is 1.96 bits per heavy atom. The van der Waals surface area contributed by atoms with E-state index in [9.17, 15) is 18.0 Å². The molecule has 0 unspecified atom stereocenters. The summed E-state index contributed by atoms with van der Waals surface area (Å²) in [6.45, 7) is 5.06. The molecule has 0 bridgehead atoms. The Balaban J connectivity index is 2.31. The standard InChI is InChI=1S/C14H13Cl2F3N4O2/c1-6(2)21-13(24)23-7(3)10(16)12(22-23)25-11-9(15)4-8(5-20-11)14(17,18)19/h4-6H,1-3H3,(H,21,24). The summed E-state index contributed by atoms with van der Waals surface area (Å²) in [5.41, 5.74) is -0.730. The molecule has 0 radical (unpaired) electrons. The van der Waals surface area contributed by atoms with Crippen LogP contribution in [0.25, 0.3) is 0 Å². The van der Waals surface area contributed by atoms with Gasteiger partial charge >= 0.3 is 12.2 Å². The van der Waals surface area contributed by atoms with Gasteiger partial charge in [0.2, 0.25) is 5.88 Å². The van der Waals surface area contributed by atoms with Crippen molar-refractivity contribution in [2.45, 2.75) is 33.0 Å². The number of pyridine rings is 1. The molecular weight excluding hydrogens is 384 g/mol. The van der Waals surface area contributed by atoms with Crippen molar-refractivity contribution >= 4 is 29.2 Å². The zero-order valence-corrected chi connectivity index (χ0v) is 14.8. The largest absolute Gasteiger partial charge is 0.417 e. The Morgan fingerprint density at radius 1 is 1.32 bits per heavy atom. The van der Waals surface area contributed by atoms with Crippen molar-refractivity contribution in [3.63, 3.8) is 0 Å². The fourth-order valence-corrected chi connectivity index (χ4v) is 2.14. The van der Waals surface area contributed by atoms with Crippen LogP contribution < -0.4 is 10.1 Å². The number of hydrogen-bond donors (Lipinski definition) is 1. The number of nitrogens with zero attached hydrogens (tertiary/aromatic N) is 3. The topological polar surface area (TPSA) is 69.0 Å². The summed E-state index contributed by atoms with van der Waals surface area (Å²) >= 11 is 11.8. The van der Waals surface area contributed by atoms with Crippen LogP contribution >= 0.6 is 23.2 Å². The van der Waals surface area contributed by atoms with Crippen LogP contribution in [0.15, 0.2) is 12.3 Å². The maximum Gasteiger partial charge on any atom is 0.417 e. The van der Waals surface area contributed by atoms with Crippen molar-refractivity contribution in [1.82, 2.24) is 20.1 Å². The third-order valence-corrected chi connectivity index (χ3v) is 3.65. The molecule has 0 aliphatic rings. The minimum atomic E-state index is -4.58. The summed E-state index contributed by atoms with van der Waals surface area (Å²) in [7, 11) is 0. The normalized spacial score (nSPS) is 11.7. The lowest BCUT2D eigenvalue weighted by Crippen LogP contribution is -2.35. The van der Waals surface area contributed by atoms with Gasteiger partial charge in [-0.3, -0.25) is 0 Å². The van der Waals surface area contributed by atoms with E-state index in [1.807, 2.05) is 0 Å². The molecule has 0 aliphatic carbocycles. The van der Waals surface area contributed by atoms with Gasteiger partial charge in [0.25, 0.3) is 5.88 Å². The maximum atomic E-state index is 12.6. The minimum Gasteiger partial charge on any atom is -0.416 e. The van der Waals surface area contributed by atoms with Crippen LogP contribution in [0.4, 0.5) is 18.0 Å². The quantitative estimate of drug-likeness (QED) is 0.818. The number of halogens is 5.